The molecule has 1 radical (unpaired) electrons. The number of hydrogen-bond acceptors (Lipinski definition) is 6. The van der Waals surface area contributed by atoms with Crippen LogP contribution in [0.5, 0.6) is 5.75 Å². The minimum atomic E-state index is -0.604. The van der Waals surface area contributed by atoms with Crippen molar-refractivity contribution in [1.82, 2.24) is 0 Å². The summed E-state index contributed by atoms with van der Waals surface area (Å²) in [6.45, 7) is -0.435. The van der Waals surface area contributed by atoms with Gasteiger partial charge in [0.25, 0.3) is 0 Å². The maximum atomic E-state index is 12.8. The van der Waals surface area contributed by atoms with E-state index in [4.69, 9.17) is 14.3 Å². The molecule has 165 valence electrons. The summed E-state index contributed by atoms with van der Waals surface area (Å²) >= 11 is 13.3. The molecule has 0 bridgehead atoms. The van der Waals surface area contributed by atoms with Crippen LogP contribution in [0.4, 0.5) is 0 Å². The number of aromatic hydroxyl groups is 1. The molecule has 0 unspecified atom stereocenters. The molecule has 6 nitrogen and oxygen atoms in total. The van der Waals surface area contributed by atoms with Crippen LogP contribution in [0.2, 0.25) is 0 Å². The summed E-state index contributed by atoms with van der Waals surface area (Å²) in [6.07, 6.45) is 0. The smallest absolute Gasteiger partial charge is 0.338 e. The van der Waals surface area contributed by atoms with Crippen molar-refractivity contribution in [1.29, 1.82) is 0 Å². The number of rotatable bonds is 4. The van der Waals surface area contributed by atoms with Crippen LogP contribution >= 0.6 is 63.7 Å². The fourth-order valence-electron chi connectivity index (χ4n) is 3.38. The van der Waals surface area contributed by atoms with E-state index in [2.05, 4.69) is 63.7 Å². The van der Waals surface area contributed by atoms with Crippen LogP contribution in [-0.4, -0.2) is 59.0 Å². The van der Waals surface area contributed by atoms with E-state index in [1.807, 2.05) is 0 Å². The Balaban J connectivity index is 0.00000306. The molecule has 1 aliphatic heterocycles. The summed E-state index contributed by atoms with van der Waals surface area (Å²) in [5.41, 5.74) is 1.94. The number of aliphatic hydroxyl groups excluding tert-OH is 1. The molecule has 0 atom stereocenters. The first kappa shape index (κ1) is 26.9. The number of carbonyl (C=O) groups is 1. The molecular formula is C22H12Br4NaO6. The quantitative estimate of drug-likeness (QED) is 0.151. The number of aliphatic hydroxyl groups is 1. The molecule has 2 aliphatic rings. The number of halogens is 4. The van der Waals surface area contributed by atoms with Gasteiger partial charge in [0.2, 0.25) is 5.43 Å². The standard InChI is InChI=1S/C22H12Br4O6.Na/c23-13-7-11-15(9-3-1-2-4-10(9)22(30)31-6-5-27)12-8-14(24)19(29)17(26)21(12)32-20(11)16(25)18(13)28;/h1-4,7-8,27-28H,5-6H2;. The van der Waals surface area contributed by atoms with Gasteiger partial charge in [0.05, 0.1) is 21.1 Å². The Morgan fingerprint density at radius 1 is 1.00 bits per heavy atom. The van der Waals surface area contributed by atoms with Gasteiger partial charge in [-0.15, -0.1) is 0 Å². The molecule has 0 aromatic heterocycles. The average Bonchev–Trinajstić information content (AvgIpc) is 2.79. The molecule has 1 heterocycles. The monoisotopic (exact) mass is 711 g/mol. The second-order valence-electron chi connectivity index (χ2n) is 6.66. The van der Waals surface area contributed by atoms with Crippen LogP contribution in [0, 0.1) is 0 Å². The number of fused-ring (bicyclic) bond motifs is 2. The van der Waals surface area contributed by atoms with E-state index in [0.29, 0.717) is 31.0 Å². The zero-order valence-corrected chi connectivity index (χ0v) is 25.3. The first-order chi connectivity index (χ1) is 15.3. The maximum Gasteiger partial charge on any atom is 0.338 e. The molecule has 2 aromatic rings. The van der Waals surface area contributed by atoms with E-state index < -0.39 is 5.97 Å². The number of ether oxygens (including phenoxy) is 1. The third-order valence-electron chi connectivity index (χ3n) is 4.76. The van der Waals surface area contributed by atoms with E-state index in [-0.39, 0.29) is 79.8 Å². The molecular weight excluding hydrogens is 703 g/mol. The number of phenols is 1. The van der Waals surface area contributed by atoms with Crippen molar-refractivity contribution >= 4 is 110 Å². The van der Waals surface area contributed by atoms with E-state index in [1.54, 1.807) is 36.4 Å². The van der Waals surface area contributed by atoms with Gasteiger partial charge in [0.1, 0.15) is 21.3 Å². The summed E-state index contributed by atoms with van der Waals surface area (Å²) in [5.74, 6) is -0.424. The second-order valence-corrected chi connectivity index (χ2v) is 9.95. The summed E-state index contributed by atoms with van der Waals surface area (Å²) in [7, 11) is 0. The Bertz CT molecular complexity index is 1420. The first-order valence-electron chi connectivity index (χ1n) is 9.09. The molecule has 4 rings (SSSR count). The summed E-state index contributed by atoms with van der Waals surface area (Å²) < 4.78 is 12.4. The number of phenolic OH excluding ortho intramolecular Hbond substituents is 1. The Labute approximate surface area is 243 Å². The van der Waals surface area contributed by atoms with Crippen LogP contribution in [0.25, 0.3) is 33.4 Å². The zero-order chi connectivity index (χ0) is 23.2. The Kier molecular flexibility index (Phi) is 8.88. The van der Waals surface area contributed by atoms with Crippen molar-refractivity contribution in [2.24, 2.45) is 0 Å². The van der Waals surface area contributed by atoms with E-state index in [0.717, 1.165) is 0 Å². The van der Waals surface area contributed by atoms with Crippen molar-refractivity contribution in [2.45, 2.75) is 0 Å². The predicted molar refractivity (Wildman–Crippen MR) is 140 cm³/mol. The normalized spacial score (nSPS) is 10.9. The number of benzene rings is 3. The third kappa shape index (κ3) is 4.86. The van der Waals surface area contributed by atoms with Crippen LogP contribution in [0.15, 0.2) is 63.5 Å². The third-order valence-corrected chi connectivity index (χ3v) is 7.41. The second kappa shape index (κ2) is 10.9. The molecule has 0 saturated heterocycles. The molecule has 0 amide bonds. The van der Waals surface area contributed by atoms with Gasteiger partial charge in [0.15, 0.2) is 11.3 Å². The van der Waals surface area contributed by atoms with Gasteiger partial charge in [-0.3, -0.25) is 4.79 Å². The molecule has 0 spiro atoms. The van der Waals surface area contributed by atoms with Gasteiger partial charge in [-0.05, 0) is 87.5 Å². The van der Waals surface area contributed by atoms with Crippen molar-refractivity contribution in [2.75, 3.05) is 13.2 Å². The minimum Gasteiger partial charge on any atom is -0.505 e. The topological polar surface area (TPSA) is 97.0 Å². The molecule has 2 N–H and O–H groups in total. The van der Waals surface area contributed by atoms with Crippen LogP contribution in [0.3, 0.4) is 0 Å². The van der Waals surface area contributed by atoms with Gasteiger partial charge in [-0.2, -0.15) is 0 Å². The Hall–Kier alpha value is -0.720. The van der Waals surface area contributed by atoms with Crippen LogP contribution in [0.1, 0.15) is 10.4 Å². The number of esters is 1. The van der Waals surface area contributed by atoms with E-state index >= 15 is 0 Å². The largest absolute Gasteiger partial charge is 0.505 e. The fraction of sp³-hybridized carbons (Fsp3) is 0.0909. The van der Waals surface area contributed by atoms with Crippen molar-refractivity contribution in [3.05, 3.63) is 70.1 Å². The maximum absolute atomic E-state index is 12.8. The molecule has 0 fully saturated rings. The van der Waals surface area contributed by atoms with Crippen LogP contribution in [-0.2, 0) is 4.74 Å². The molecule has 0 saturated carbocycles. The number of carbonyl (C=O) groups excluding carboxylic acids is 1. The fourth-order valence-corrected chi connectivity index (χ4v) is 5.78. The molecule has 2 aromatic carbocycles. The van der Waals surface area contributed by atoms with E-state index in [1.165, 1.54) is 0 Å². The van der Waals surface area contributed by atoms with Crippen LogP contribution < -0.4 is 5.43 Å². The van der Waals surface area contributed by atoms with Gasteiger partial charge in [-0.25, -0.2) is 4.79 Å². The Morgan fingerprint density at radius 2 is 1.70 bits per heavy atom. The predicted octanol–water partition coefficient (Wildman–Crippen LogP) is 6.09. The summed E-state index contributed by atoms with van der Waals surface area (Å²) in [5, 5.41) is 20.0. The first-order valence-corrected chi connectivity index (χ1v) is 12.3. The minimum absolute atomic E-state index is 0. The van der Waals surface area contributed by atoms with Crippen molar-refractivity contribution in [3.8, 4) is 28.2 Å². The average molecular weight is 715 g/mol. The van der Waals surface area contributed by atoms with Gasteiger partial charge >= 0.3 is 5.97 Å². The van der Waals surface area contributed by atoms with E-state index in [9.17, 15) is 14.7 Å². The molecule has 33 heavy (non-hydrogen) atoms. The number of hydrogen-bond donors (Lipinski definition) is 2. The zero-order valence-electron chi connectivity index (χ0n) is 16.9. The summed E-state index contributed by atoms with van der Waals surface area (Å²) in [6, 6.07) is 10.2. The molecule has 11 heteroatoms. The Morgan fingerprint density at radius 3 is 2.39 bits per heavy atom. The van der Waals surface area contributed by atoms with Gasteiger partial charge < -0.3 is 19.4 Å². The summed E-state index contributed by atoms with van der Waals surface area (Å²) in [4.78, 5) is 25.3. The van der Waals surface area contributed by atoms with Crippen molar-refractivity contribution < 1.29 is 24.2 Å². The van der Waals surface area contributed by atoms with Gasteiger partial charge in [0, 0.05) is 46.1 Å². The van der Waals surface area contributed by atoms with Crippen molar-refractivity contribution in [3.63, 3.8) is 0 Å². The molecule has 1 aliphatic carbocycles. The SMILES string of the molecule is O=C(OCCO)c1ccccc1-c1c2cc(Br)c(=O)c(Br)c-2oc2c(Br)c(O)c(Br)cc12.[Na]. The van der Waals surface area contributed by atoms with Gasteiger partial charge in [-0.1, -0.05) is 18.2 Å².